The molecule has 0 heterocycles. The van der Waals surface area contributed by atoms with E-state index >= 15 is 0 Å². The Morgan fingerprint density at radius 3 is 2.00 bits per heavy atom. The van der Waals surface area contributed by atoms with Gasteiger partial charge < -0.3 is 0 Å². The van der Waals surface area contributed by atoms with E-state index in [1.807, 2.05) is 0 Å². The minimum absolute atomic E-state index is 1.08. The molecule has 2 bridgehead atoms. The fraction of sp³-hybridized carbons (Fsp3) is 0.800. The summed E-state index contributed by atoms with van der Waals surface area (Å²) in [5.74, 6) is 3.36. The van der Waals surface area contributed by atoms with E-state index in [0.29, 0.717) is 0 Å². The van der Waals surface area contributed by atoms with Crippen molar-refractivity contribution in [1.82, 2.24) is 0 Å². The Kier molecular flexibility index (Phi) is 2.53. The van der Waals surface area contributed by atoms with E-state index in [-0.39, 0.29) is 0 Å². The minimum atomic E-state index is 1.08. The first-order chi connectivity index (χ1) is 4.86. The van der Waals surface area contributed by atoms with Crippen molar-refractivity contribution in [3.63, 3.8) is 0 Å². The van der Waals surface area contributed by atoms with E-state index in [9.17, 15) is 0 Å². The average molecular weight is 138 g/mol. The van der Waals surface area contributed by atoms with E-state index in [1.165, 1.54) is 0 Å². The van der Waals surface area contributed by atoms with Crippen molar-refractivity contribution in [3.05, 3.63) is 13.2 Å². The summed E-state index contributed by atoms with van der Waals surface area (Å²) in [6.07, 6.45) is 6.21. The molecule has 0 saturated heterocycles. The van der Waals surface area contributed by atoms with Crippen molar-refractivity contribution < 1.29 is 0 Å². The van der Waals surface area contributed by atoms with Gasteiger partial charge in [-0.1, -0.05) is 13.3 Å². The van der Waals surface area contributed by atoms with Gasteiger partial charge in [-0.15, -0.1) is 13.2 Å². The Balaban J connectivity index is 0.000000231. The highest BCUT2D eigenvalue weighted by Crippen LogP contribution is 2.47. The van der Waals surface area contributed by atoms with Gasteiger partial charge in [0.05, 0.1) is 0 Å². The summed E-state index contributed by atoms with van der Waals surface area (Å²) < 4.78 is 0. The van der Waals surface area contributed by atoms with Crippen molar-refractivity contribution in [3.8, 4) is 0 Å². The second-order valence-corrected chi connectivity index (χ2v) is 3.65. The topological polar surface area (TPSA) is 0 Å². The first-order valence-electron chi connectivity index (χ1n) is 4.36. The molecule has 0 aromatic heterocycles. The number of hydrogen-bond acceptors (Lipinski definition) is 0. The summed E-state index contributed by atoms with van der Waals surface area (Å²) in [5, 5.41) is 0. The molecule has 0 nitrogen and oxygen atoms in total. The predicted molar refractivity (Wildman–Crippen MR) is 45.9 cm³/mol. The lowest BCUT2D eigenvalue weighted by Crippen LogP contribution is -2.04. The molecule has 0 radical (unpaired) electrons. The van der Waals surface area contributed by atoms with Crippen LogP contribution in [0.4, 0.5) is 0 Å². The molecule has 2 aliphatic rings. The summed E-state index contributed by atoms with van der Waals surface area (Å²) in [6.45, 7) is 8.42. The van der Waals surface area contributed by atoms with Crippen LogP contribution in [0, 0.1) is 17.8 Å². The number of rotatable bonds is 0. The van der Waals surface area contributed by atoms with Gasteiger partial charge in [0.25, 0.3) is 0 Å². The Morgan fingerprint density at radius 2 is 1.80 bits per heavy atom. The van der Waals surface area contributed by atoms with Gasteiger partial charge in [-0.3, -0.25) is 0 Å². The molecule has 0 spiro atoms. The highest BCUT2D eigenvalue weighted by atomic mass is 14.4. The number of fused-ring (bicyclic) bond motifs is 2. The molecule has 2 fully saturated rings. The molecule has 2 aliphatic carbocycles. The van der Waals surface area contributed by atoms with Gasteiger partial charge in [-0.25, -0.2) is 0 Å². The first kappa shape index (κ1) is 7.84. The van der Waals surface area contributed by atoms with E-state index in [0.717, 1.165) is 17.8 Å². The van der Waals surface area contributed by atoms with Crippen LogP contribution in [-0.2, 0) is 0 Å². The maximum atomic E-state index is 3.00. The second kappa shape index (κ2) is 3.23. The Hall–Kier alpha value is -0.260. The first-order valence-corrected chi connectivity index (χ1v) is 4.36. The van der Waals surface area contributed by atoms with Crippen LogP contribution in [0.5, 0.6) is 0 Å². The van der Waals surface area contributed by atoms with E-state index in [2.05, 4.69) is 20.1 Å². The van der Waals surface area contributed by atoms with Crippen molar-refractivity contribution in [1.29, 1.82) is 0 Å². The van der Waals surface area contributed by atoms with Crippen LogP contribution >= 0.6 is 0 Å². The maximum absolute atomic E-state index is 3.00. The molecule has 0 aliphatic heterocycles. The molecule has 3 unspecified atom stereocenters. The van der Waals surface area contributed by atoms with Crippen LogP contribution in [0.25, 0.3) is 0 Å². The Morgan fingerprint density at radius 1 is 1.10 bits per heavy atom. The summed E-state index contributed by atoms with van der Waals surface area (Å²) in [7, 11) is 0. The van der Waals surface area contributed by atoms with Crippen molar-refractivity contribution >= 4 is 0 Å². The SMILES string of the molecule is C=C.CC1CC2CCC1C2. The number of hydrogen-bond donors (Lipinski definition) is 0. The summed E-state index contributed by atoms with van der Waals surface area (Å²) in [5.41, 5.74) is 0. The van der Waals surface area contributed by atoms with Crippen LogP contribution in [-0.4, -0.2) is 0 Å². The highest BCUT2D eigenvalue weighted by molar-refractivity contribution is 4.87. The van der Waals surface area contributed by atoms with Gasteiger partial charge in [0.1, 0.15) is 0 Å². The monoisotopic (exact) mass is 138 g/mol. The highest BCUT2D eigenvalue weighted by Gasteiger charge is 2.36. The van der Waals surface area contributed by atoms with Crippen molar-refractivity contribution in [2.45, 2.75) is 32.6 Å². The lowest BCUT2D eigenvalue weighted by molar-refractivity contribution is 0.360. The summed E-state index contributed by atoms with van der Waals surface area (Å²) in [6, 6.07) is 0. The lowest BCUT2D eigenvalue weighted by Gasteiger charge is -2.15. The predicted octanol–water partition coefficient (Wildman–Crippen LogP) is 3.24. The van der Waals surface area contributed by atoms with E-state index in [4.69, 9.17) is 0 Å². The van der Waals surface area contributed by atoms with Crippen LogP contribution in [0.3, 0.4) is 0 Å². The fourth-order valence-electron chi connectivity index (χ4n) is 2.56. The summed E-state index contributed by atoms with van der Waals surface area (Å²) >= 11 is 0. The molecule has 0 N–H and O–H groups in total. The molecule has 58 valence electrons. The van der Waals surface area contributed by atoms with Gasteiger partial charge in [-0.05, 0) is 37.0 Å². The Labute approximate surface area is 64.3 Å². The third-order valence-corrected chi connectivity index (χ3v) is 3.09. The molecule has 0 aromatic rings. The zero-order valence-electron chi connectivity index (χ0n) is 6.97. The standard InChI is InChI=1S/C8H14.C2H4/c1-6-4-7-2-3-8(6)5-7;1-2/h6-8H,2-5H2,1H3;1-2H2. The van der Waals surface area contributed by atoms with Crippen molar-refractivity contribution in [2.24, 2.45) is 17.8 Å². The molecule has 0 aromatic carbocycles. The normalized spacial score (nSPS) is 42.7. The zero-order chi connectivity index (χ0) is 7.56. The molecule has 0 heteroatoms. The quantitative estimate of drug-likeness (QED) is 0.451. The molecular formula is C10H18. The second-order valence-electron chi connectivity index (χ2n) is 3.65. The maximum Gasteiger partial charge on any atom is -0.0386 e. The van der Waals surface area contributed by atoms with Crippen LogP contribution < -0.4 is 0 Å². The van der Waals surface area contributed by atoms with E-state index < -0.39 is 0 Å². The van der Waals surface area contributed by atoms with Gasteiger partial charge in [0.2, 0.25) is 0 Å². The molecule has 2 saturated carbocycles. The van der Waals surface area contributed by atoms with Crippen molar-refractivity contribution in [2.75, 3.05) is 0 Å². The van der Waals surface area contributed by atoms with Gasteiger partial charge in [0, 0.05) is 0 Å². The average Bonchev–Trinajstić information content (AvgIpc) is 2.52. The third-order valence-electron chi connectivity index (χ3n) is 3.09. The lowest BCUT2D eigenvalue weighted by atomic mass is 9.91. The Bertz CT molecular complexity index is 105. The molecular weight excluding hydrogens is 120 g/mol. The van der Waals surface area contributed by atoms with Crippen LogP contribution in [0.1, 0.15) is 32.6 Å². The van der Waals surface area contributed by atoms with Gasteiger partial charge in [-0.2, -0.15) is 0 Å². The minimum Gasteiger partial charge on any atom is -0.106 e. The van der Waals surface area contributed by atoms with Gasteiger partial charge in [0.15, 0.2) is 0 Å². The third kappa shape index (κ3) is 1.25. The van der Waals surface area contributed by atoms with E-state index in [1.54, 1.807) is 25.7 Å². The zero-order valence-corrected chi connectivity index (χ0v) is 6.97. The van der Waals surface area contributed by atoms with Gasteiger partial charge >= 0.3 is 0 Å². The smallest absolute Gasteiger partial charge is 0.0386 e. The van der Waals surface area contributed by atoms with Crippen LogP contribution in [0.15, 0.2) is 13.2 Å². The molecule has 3 atom stereocenters. The van der Waals surface area contributed by atoms with Crippen LogP contribution in [0.2, 0.25) is 0 Å². The fourth-order valence-corrected chi connectivity index (χ4v) is 2.56. The molecule has 10 heavy (non-hydrogen) atoms. The molecule has 0 amide bonds. The molecule has 2 rings (SSSR count). The largest absolute Gasteiger partial charge is 0.106 e. The summed E-state index contributed by atoms with van der Waals surface area (Å²) in [4.78, 5) is 0.